The molecule has 194 valence electrons. The first-order valence-corrected chi connectivity index (χ1v) is 12.8. The molecule has 38 heavy (non-hydrogen) atoms. The summed E-state index contributed by atoms with van der Waals surface area (Å²) in [5.41, 5.74) is 6.61. The van der Waals surface area contributed by atoms with Crippen LogP contribution >= 0.6 is 0 Å². The van der Waals surface area contributed by atoms with E-state index in [1.165, 1.54) is 0 Å². The van der Waals surface area contributed by atoms with E-state index in [0.717, 1.165) is 33.5 Å². The van der Waals surface area contributed by atoms with E-state index in [1.807, 2.05) is 136 Å². The second-order valence-electron chi connectivity index (χ2n) is 9.91. The molecule has 2 amide bonds. The van der Waals surface area contributed by atoms with E-state index in [0.29, 0.717) is 12.2 Å². The fraction of sp³-hybridized carbons (Fsp3) is 0.212. The molecular formula is C33H35N3O2. The second kappa shape index (κ2) is 12.2. The Morgan fingerprint density at radius 1 is 0.711 bits per heavy atom. The largest absolute Gasteiger partial charge is 0.378 e. The van der Waals surface area contributed by atoms with Gasteiger partial charge in [-0.2, -0.15) is 0 Å². The van der Waals surface area contributed by atoms with Crippen molar-refractivity contribution in [1.82, 2.24) is 4.90 Å². The number of hydrogen-bond donors (Lipinski definition) is 1. The number of nitrogens with one attached hydrogen (secondary N) is 1. The van der Waals surface area contributed by atoms with Crippen LogP contribution in [0.25, 0.3) is 0 Å². The number of amides is 2. The lowest BCUT2D eigenvalue weighted by atomic mass is 10.00. The summed E-state index contributed by atoms with van der Waals surface area (Å²) in [5, 5.41) is 3.06. The Morgan fingerprint density at radius 2 is 1.29 bits per heavy atom. The molecule has 0 aliphatic rings. The van der Waals surface area contributed by atoms with Gasteiger partial charge in [-0.1, -0.05) is 90.0 Å². The Balaban J connectivity index is 1.71. The van der Waals surface area contributed by atoms with Gasteiger partial charge in [-0.05, 0) is 54.8 Å². The van der Waals surface area contributed by atoms with E-state index in [4.69, 9.17) is 0 Å². The maximum atomic E-state index is 13.9. The van der Waals surface area contributed by atoms with Gasteiger partial charge in [-0.15, -0.1) is 0 Å². The van der Waals surface area contributed by atoms with Gasteiger partial charge < -0.3 is 15.1 Å². The van der Waals surface area contributed by atoms with Crippen LogP contribution in [0.1, 0.15) is 33.9 Å². The van der Waals surface area contributed by atoms with Crippen LogP contribution < -0.4 is 10.2 Å². The van der Waals surface area contributed by atoms with Gasteiger partial charge in [-0.25, -0.2) is 0 Å². The Hall–Kier alpha value is -4.38. The van der Waals surface area contributed by atoms with Crippen LogP contribution in [0.3, 0.4) is 0 Å². The summed E-state index contributed by atoms with van der Waals surface area (Å²) < 4.78 is 0. The minimum atomic E-state index is -0.804. The van der Waals surface area contributed by atoms with Crippen molar-refractivity contribution < 1.29 is 9.59 Å². The summed E-state index contributed by atoms with van der Waals surface area (Å²) in [6.45, 7) is 4.36. The first-order chi connectivity index (χ1) is 18.3. The summed E-state index contributed by atoms with van der Waals surface area (Å²) in [7, 11) is 3.95. The first kappa shape index (κ1) is 26.7. The van der Waals surface area contributed by atoms with Gasteiger partial charge in [-0.3, -0.25) is 9.59 Å². The molecule has 1 N–H and O–H groups in total. The molecule has 1 unspecified atom stereocenters. The van der Waals surface area contributed by atoms with Crippen molar-refractivity contribution in [3.8, 4) is 0 Å². The Kier molecular flexibility index (Phi) is 8.59. The van der Waals surface area contributed by atoms with Gasteiger partial charge in [0, 0.05) is 32.0 Å². The molecule has 0 saturated heterocycles. The molecule has 4 aromatic carbocycles. The third-order valence-corrected chi connectivity index (χ3v) is 6.60. The van der Waals surface area contributed by atoms with E-state index in [2.05, 4.69) is 5.32 Å². The standard InChI is InChI=1S/C33H35N3O2/c1-24-10-14-27(15-11-24)23-36(31(37)22-26-8-6-5-7-9-26)32(28-16-12-25(2)13-17-28)33(38)34-29-18-20-30(21-19-29)35(3)4/h5-21,32H,22-23H2,1-4H3,(H,34,38). The number of rotatable bonds is 9. The van der Waals surface area contributed by atoms with Crippen LogP contribution in [0.15, 0.2) is 103 Å². The normalized spacial score (nSPS) is 11.5. The molecule has 0 spiro atoms. The lowest BCUT2D eigenvalue weighted by Crippen LogP contribution is -2.41. The van der Waals surface area contributed by atoms with Crippen molar-refractivity contribution in [3.63, 3.8) is 0 Å². The number of carbonyl (C=O) groups excluding carboxylic acids is 2. The van der Waals surface area contributed by atoms with Gasteiger partial charge in [0.2, 0.25) is 5.91 Å². The SMILES string of the molecule is Cc1ccc(CN(C(=O)Cc2ccccc2)C(C(=O)Nc2ccc(N(C)C)cc2)c2ccc(C)cc2)cc1. The molecule has 0 heterocycles. The molecule has 0 aromatic heterocycles. The third kappa shape index (κ3) is 6.88. The van der Waals surface area contributed by atoms with E-state index < -0.39 is 6.04 Å². The van der Waals surface area contributed by atoms with E-state index >= 15 is 0 Å². The molecule has 0 radical (unpaired) electrons. The molecule has 0 bridgehead atoms. The van der Waals surface area contributed by atoms with Crippen molar-refractivity contribution in [3.05, 3.63) is 131 Å². The quantitative estimate of drug-likeness (QED) is 0.290. The summed E-state index contributed by atoms with van der Waals surface area (Å²) >= 11 is 0. The summed E-state index contributed by atoms with van der Waals surface area (Å²) in [5.74, 6) is -0.361. The molecule has 4 rings (SSSR count). The molecule has 0 aliphatic heterocycles. The van der Waals surface area contributed by atoms with Gasteiger partial charge in [0.1, 0.15) is 6.04 Å². The molecular weight excluding hydrogens is 470 g/mol. The zero-order chi connectivity index (χ0) is 27.1. The first-order valence-electron chi connectivity index (χ1n) is 12.8. The number of aryl methyl sites for hydroxylation is 2. The molecule has 1 atom stereocenters. The summed E-state index contributed by atoms with van der Waals surface area (Å²) in [4.78, 5) is 31.5. The lowest BCUT2D eigenvalue weighted by Gasteiger charge is -2.32. The van der Waals surface area contributed by atoms with Crippen molar-refractivity contribution in [2.24, 2.45) is 0 Å². The smallest absolute Gasteiger partial charge is 0.251 e. The topological polar surface area (TPSA) is 52.7 Å². The number of nitrogens with zero attached hydrogens (tertiary/aromatic N) is 2. The van der Waals surface area contributed by atoms with Crippen LogP contribution in [-0.4, -0.2) is 30.8 Å². The van der Waals surface area contributed by atoms with Crippen LogP contribution in [0, 0.1) is 13.8 Å². The number of hydrogen-bond acceptors (Lipinski definition) is 3. The van der Waals surface area contributed by atoms with Crippen molar-refractivity contribution in [2.75, 3.05) is 24.3 Å². The highest BCUT2D eigenvalue weighted by atomic mass is 16.2. The van der Waals surface area contributed by atoms with E-state index in [-0.39, 0.29) is 18.2 Å². The molecule has 0 aliphatic carbocycles. The predicted molar refractivity (Wildman–Crippen MR) is 155 cm³/mol. The monoisotopic (exact) mass is 505 g/mol. The minimum absolute atomic E-state index is 0.111. The molecule has 5 heteroatoms. The minimum Gasteiger partial charge on any atom is -0.378 e. The zero-order valence-corrected chi connectivity index (χ0v) is 22.5. The Labute approximate surface area is 225 Å². The molecule has 0 fully saturated rings. The van der Waals surface area contributed by atoms with Gasteiger partial charge in [0.25, 0.3) is 5.91 Å². The Bertz CT molecular complexity index is 1350. The maximum Gasteiger partial charge on any atom is 0.251 e. The highest BCUT2D eigenvalue weighted by molar-refractivity contribution is 5.98. The van der Waals surface area contributed by atoms with Crippen LogP contribution in [-0.2, 0) is 22.6 Å². The number of anilines is 2. The van der Waals surface area contributed by atoms with E-state index in [9.17, 15) is 9.59 Å². The Morgan fingerprint density at radius 3 is 1.87 bits per heavy atom. The van der Waals surface area contributed by atoms with Gasteiger partial charge in [0.15, 0.2) is 0 Å². The van der Waals surface area contributed by atoms with Crippen molar-refractivity contribution in [2.45, 2.75) is 32.9 Å². The average molecular weight is 506 g/mol. The van der Waals surface area contributed by atoms with Gasteiger partial charge in [0.05, 0.1) is 6.42 Å². The zero-order valence-electron chi connectivity index (χ0n) is 22.5. The van der Waals surface area contributed by atoms with Crippen molar-refractivity contribution >= 4 is 23.2 Å². The second-order valence-corrected chi connectivity index (χ2v) is 9.91. The van der Waals surface area contributed by atoms with Crippen LogP contribution in [0.2, 0.25) is 0 Å². The maximum absolute atomic E-state index is 13.9. The predicted octanol–water partition coefficient (Wildman–Crippen LogP) is 6.32. The molecule has 5 nitrogen and oxygen atoms in total. The summed E-state index contributed by atoms with van der Waals surface area (Å²) in [6, 6.07) is 32.5. The third-order valence-electron chi connectivity index (χ3n) is 6.60. The average Bonchev–Trinajstić information content (AvgIpc) is 2.91. The number of benzene rings is 4. The van der Waals surface area contributed by atoms with Crippen LogP contribution in [0.5, 0.6) is 0 Å². The number of carbonyl (C=O) groups is 2. The fourth-order valence-corrected chi connectivity index (χ4v) is 4.36. The lowest BCUT2D eigenvalue weighted by molar-refractivity contribution is -0.139. The molecule has 4 aromatic rings. The summed E-state index contributed by atoms with van der Waals surface area (Å²) in [6.07, 6.45) is 0.208. The van der Waals surface area contributed by atoms with Crippen molar-refractivity contribution in [1.29, 1.82) is 0 Å². The van der Waals surface area contributed by atoms with Gasteiger partial charge >= 0.3 is 0 Å². The van der Waals surface area contributed by atoms with Crippen LogP contribution in [0.4, 0.5) is 11.4 Å². The fourth-order valence-electron chi connectivity index (χ4n) is 4.36. The highest BCUT2D eigenvalue weighted by Gasteiger charge is 2.31. The highest BCUT2D eigenvalue weighted by Crippen LogP contribution is 2.27. The van der Waals surface area contributed by atoms with E-state index in [1.54, 1.807) is 4.90 Å². The molecule has 0 saturated carbocycles.